The minimum absolute atomic E-state index is 0.00421. The lowest BCUT2D eigenvalue weighted by atomic mass is 9.96. The molecule has 1 saturated heterocycles. The molecule has 1 fully saturated rings. The molecule has 1 heterocycles. The molecule has 0 atom stereocenters. The largest absolute Gasteiger partial charge is 0.369 e. The second-order valence-electron chi connectivity index (χ2n) is 6.73. The Bertz CT molecular complexity index is 1030. The fourth-order valence-corrected chi connectivity index (χ4v) is 4.83. The zero-order valence-corrected chi connectivity index (χ0v) is 17.6. The summed E-state index contributed by atoms with van der Waals surface area (Å²) in [5.41, 5.74) is 5.83. The Balaban J connectivity index is 1.81. The maximum Gasteiger partial charge on any atom is 0.263 e. The molecule has 2 aromatic rings. The minimum Gasteiger partial charge on any atom is -0.369 e. The predicted octanol–water partition coefficient (Wildman–Crippen LogP) is 3.13. The molecule has 2 aromatic carbocycles. The molecular formula is C19H19Cl2N3O4S. The van der Waals surface area contributed by atoms with Gasteiger partial charge in [0.05, 0.1) is 5.02 Å². The highest BCUT2D eigenvalue weighted by molar-refractivity contribution is 7.92. The summed E-state index contributed by atoms with van der Waals surface area (Å²) in [6.45, 7) is 0.750. The Morgan fingerprint density at radius 1 is 1.03 bits per heavy atom. The molecule has 10 heteroatoms. The number of primary amides is 1. The van der Waals surface area contributed by atoms with Crippen LogP contribution in [0.1, 0.15) is 23.2 Å². The molecule has 0 saturated carbocycles. The summed E-state index contributed by atoms with van der Waals surface area (Å²) in [6, 6.07) is 10.3. The van der Waals surface area contributed by atoms with Crippen LogP contribution in [-0.2, 0) is 14.8 Å². The molecule has 0 spiro atoms. The number of nitrogens with one attached hydrogen (secondary N) is 1. The van der Waals surface area contributed by atoms with E-state index in [1.807, 2.05) is 0 Å². The van der Waals surface area contributed by atoms with Gasteiger partial charge in [-0.15, -0.1) is 0 Å². The van der Waals surface area contributed by atoms with Crippen molar-refractivity contribution in [3.63, 3.8) is 0 Å². The molecule has 1 aliphatic heterocycles. The molecule has 0 bridgehead atoms. The summed E-state index contributed by atoms with van der Waals surface area (Å²) in [7, 11) is -4.02. The first-order valence-electron chi connectivity index (χ1n) is 8.84. The quantitative estimate of drug-likeness (QED) is 0.721. The van der Waals surface area contributed by atoms with Gasteiger partial charge in [-0.25, -0.2) is 8.42 Å². The van der Waals surface area contributed by atoms with E-state index in [0.717, 1.165) is 0 Å². The third-order valence-corrected chi connectivity index (χ3v) is 6.86. The second kappa shape index (κ2) is 8.61. The average molecular weight is 456 g/mol. The highest BCUT2D eigenvalue weighted by Crippen LogP contribution is 2.27. The van der Waals surface area contributed by atoms with Crippen LogP contribution in [0.25, 0.3) is 0 Å². The molecule has 2 amide bonds. The summed E-state index contributed by atoms with van der Waals surface area (Å²) < 4.78 is 28.0. The van der Waals surface area contributed by atoms with E-state index in [-0.39, 0.29) is 33.2 Å². The van der Waals surface area contributed by atoms with Gasteiger partial charge in [0.2, 0.25) is 5.91 Å². The van der Waals surface area contributed by atoms with Crippen LogP contribution in [0.3, 0.4) is 0 Å². The molecular weight excluding hydrogens is 437 g/mol. The number of anilines is 1. The van der Waals surface area contributed by atoms with Crippen LogP contribution in [0.15, 0.2) is 47.4 Å². The Labute approximate surface area is 178 Å². The molecule has 0 unspecified atom stereocenters. The SMILES string of the molecule is NC(=O)C1CCN(C(=O)c2ccc(Cl)c(S(=O)(=O)Nc3ccc(Cl)cc3)c2)CC1. The number of nitrogens with two attached hydrogens (primary N) is 1. The van der Waals surface area contributed by atoms with E-state index in [1.54, 1.807) is 17.0 Å². The van der Waals surface area contributed by atoms with Crippen LogP contribution >= 0.6 is 23.2 Å². The zero-order valence-electron chi connectivity index (χ0n) is 15.3. The number of nitrogens with zero attached hydrogens (tertiary/aromatic N) is 1. The predicted molar refractivity (Wildman–Crippen MR) is 112 cm³/mol. The number of piperidine rings is 1. The molecule has 29 heavy (non-hydrogen) atoms. The first-order valence-corrected chi connectivity index (χ1v) is 11.1. The van der Waals surface area contributed by atoms with Crippen LogP contribution in [0.4, 0.5) is 5.69 Å². The standard InChI is InChI=1S/C19H19Cl2N3O4S/c20-14-2-4-15(5-3-14)23-29(27,28)17-11-13(1-6-16(17)21)19(26)24-9-7-12(8-10-24)18(22)25/h1-6,11-12,23H,7-10H2,(H2,22,25). The van der Waals surface area contributed by atoms with Crippen molar-refractivity contribution < 1.29 is 18.0 Å². The maximum atomic E-state index is 12.8. The van der Waals surface area contributed by atoms with Crippen molar-refractivity contribution in [3.05, 3.63) is 58.1 Å². The third kappa shape index (κ3) is 5.01. The van der Waals surface area contributed by atoms with Gasteiger partial charge in [0, 0.05) is 35.3 Å². The van der Waals surface area contributed by atoms with E-state index < -0.39 is 10.0 Å². The van der Waals surface area contributed by atoms with Gasteiger partial charge in [-0.05, 0) is 55.3 Å². The van der Waals surface area contributed by atoms with E-state index in [2.05, 4.69) is 4.72 Å². The number of likely N-dealkylation sites (tertiary alicyclic amines) is 1. The van der Waals surface area contributed by atoms with E-state index in [1.165, 1.54) is 30.3 Å². The Morgan fingerprint density at radius 2 is 1.66 bits per heavy atom. The number of carbonyl (C=O) groups excluding carboxylic acids is 2. The Hall–Kier alpha value is -2.29. The lowest BCUT2D eigenvalue weighted by Crippen LogP contribution is -2.41. The van der Waals surface area contributed by atoms with E-state index in [4.69, 9.17) is 28.9 Å². The molecule has 3 rings (SSSR count). The normalized spacial score (nSPS) is 15.2. The number of hydrogen-bond acceptors (Lipinski definition) is 4. The lowest BCUT2D eigenvalue weighted by Gasteiger charge is -2.30. The first-order chi connectivity index (χ1) is 13.7. The van der Waals surface area contributed by atoms with Crippen molar-refractivity contribution in [2.45, 2.75) is 17.7 Å². The van der Waals surface area contributed by atoms with Crippen molar-refractivity contribution in [1.82, 2.24) is 4.90 Å². The highest BCUT2D eigenvalue weighted by Gasteiger charge is 2.28. The number of sulfonamides is 1. The Kier molecular flexibility index (Phi) is 6.36. The summed E-state index contributed by atoms with van der Waals surface area (Å²) >= 11 is 11.9. The smallest absolute Gasteiger partial charge is 0.263 e. The van der Waals surface area contributed by atoms with Gasteiger partial charge in [-0.3, -0.25) is 14.3 Å². The fourth-order valence-electron chi connectivity index (χ4n) is 3.12. The van der Waals surface area contributed by atoms with Gasteiger partial charge >= 0.3 is 0 Å². The monoisotopic (exact) mass is 455 g/mol. The number of hydrogen-bond donors (Lipinski definition) is 2. The molecule has 0 radical (unpaired) electrons. The van der Waals surface area contributed by atoms with Gasteiger partial charge in [-0.2, -0.15) is 0 Å². The maximum absolute atomic E-state index is 12.8. The van der Waals surface area contributed by atoms with Crippen molar-refractivity contribution in [2.75, 3.05) is 17.8 Å². The van der Waals surface area contributed by atoms with Gasteiger partial charge < -0.3 is 10.6 Å². The van der Waals surface area contributed by atoms with Crippen molar-refractivity contribution >= 4 is 50.7 Å². The molecule has 7 nitrogen and oxygen atoms in total. The van der Waals surface area contributed by atoms with Crippen LogP contribution in [0, 0.1) is 5.92 Å². The molecule has 0 aliphatic carbocycles. The van der Waals surface area contributed by atoms with Crippen LogP contribution in [0.2, 0.25) is 10.0 Å². The van der Waals surface area contributed by atoms with Crippen LogP contribution in [0.5, 0.6) is 0 Å². The zero-order chi connectivity index (χ0) is 21.2. The van der Waals surface area contributed by atoms with Crippen molar-refractivity contribution in [3.8, 4) is 0 Å². The molecule has 3 N–H and O–H groups in total. The van der Waals surface area contributed by atoms with Gasteiger partial charge in [0.1, 0.15) is 4.90 Å². The Morgan fingerprint density at radius 3 is 2.24 bits per heavy atom. The summed E-state index contributed by atoms with van der Waals surface area (Å²) in [5.74, 6) is -0.943. The van der Waals surface area contributed by atoms with E-state index >= 15 is 0 Å². The van der Waals surface area contributed by atoms with Crippen LogP contribution in [-0.4, -0.2) is 38.2 Å². The average Bonchev–Trinajstić information content (AvgIpc) is 2.69. The van der Waals surface area contributed by atoms with Crippen molar-refractivity contribution in [2.24, 2.45) is 11.7 Å². The van der Waals surface area contributed by atoms with Crippen molar-refractivity contribution in [1.29, 1.82) is 0 Å². The van der Waals surface area contributed by atoms with Crippen LogP contribution < -0.4 is 10.5 Å². The number of amides is 2. The first kappa shape index (κ1) is 21.4. The number of rotatable bonds is 5. The van der Waals surface area contributed by atoms with Gasteiger partial charge in [0.25, 0.3) is 15.9 Å². The van der Waals surface area contributed by atoms with Gasteiger partial charge in [-0.1, -0.05) is 23.2 Å². The lowest BCUT2D eigenvalue weighted by molar-refractivity contribution is -0.123. The minimum atomic E-state index is -4.02. The summed E-state index contributed by atoms with van der Waals surface area (Å²) in [4.78, 5) is 25.5. The molecule has 154 valence electrons. The number of carbonyl (C=O) groups is 2. The fraction of sp³-hybridized carbons (Fsp3) is 0.263. The molecule has 1 aliphatic rings. The summed E-state index contributed by atoms with van der Waals surface area (Å²) in [5, 5.41) is 0.467. The van der Waals surface area contributed by atoms with E-state index in [9.17, 15) is 18.0 Å². The second-order valence-corrected chi connectivity index (χ2v) is 9.22. The topological polar surface area (TPSA) is 110 Å². The number of halogens is 2. The summed E-state index contributed by atoms with van der Waals surface area (Å²) in [6.07, 6.45) is 0.968. The molecule has 0 aromatic heterocycles. The van der Waals surface area contributed by atoms with E-state index in [0.29, 0.717) is 36.6 Å². The highest BCUT2D eigenvalue weighted by atomic mass is 35.5. The van der Waals surface area contributed by atoms with Gasteiger partial charge in [0.15, 0.2) is 0 Å². The third-order valence-electron chi connectivity index (χ3n) is 4.75. The number of benzene rings is 2.